The molecule has 1 aliphatic heterocycles. The number of ether oxygens (including phenoxy) is 1. The maximum absolute atomic E-state index is 12.4. The first kappa shape index (κ1) is 18.1. The van der Waals surface area contributed by atoms with Gasteiger partial charge in [-0.3, -0.25) is 9.59 Å². The van der Waals surface area contributed by atoms with Crippen molar-refractivity contribution in [2.24, 2.45) is 40.4 Å². The zero-order valence-electron chi connectivity index (χ0n) is 17.3. The molecule has 150 valence electrons. The number of fused-ring (bicyclic) bond motifs is 8. The van der Waals surface area contributed by atoms with Crippen LogP contribution < -0.4 is 5.32 Å². The summed E-state index contributed by atoms with van der Waals surface area (Å²) in [6.07, 6.45) is 8.28. The minimum Gasteiger partial charge on any atom is -0.463 e. The van der Waals surface area contributed by atoms with E-state index in [4.69, 9.17) is 4.74 Å². The van der Waals surface area contributed by atoms with Crippen molar-refractivity contribution in [2.45, 2.75) is 90.8 Å². The predicted octanol–water partition coefficient (Wildman–Crippen LogP) is 3.73. The minimum atomic E-state index is -0.129. The lowest BCUT2D eigenvalue weighted by Gasteiger charge is -2.60. The summed E-state index contributed by atoms with van der Waals surface area (Å²) >= 11 is 0. The molecule has 5 fully saturated rings. The topological polar surface area (TPSA) is 65.3 Å². The van der Waals surface area contributed by atoms with E-state index in [-0.39, 0.29) is 23.4 Å². The van der Waals surface area contributed by atoms with Gasteiger partial charge in [-0.05, 0) is 86.4 Å². The first-order chi connectivity index (χ1) is 12.8. The number of Topliss-reactive ketones (excluding diaryl/α,β-unsaturated/α-hetero) is 1. The molecule has 4 heteroatoms. The van der Waals surface area contributed by atoms with E-state index in [9.17, 15) is 9.59 Å². The average Bonchev–Trinajstić information content (AvgIpc) is 3.30. The van der Waals surface area contributed by atoms with Crippen molar-refractivity contribution >= 4 is 11.8 Å². The molecule has 0 bridgehead atoms. The second-order valence-corrected chi connectivity index (χ2v) is 10.9. The molecule has 5 rings (SSSR count). The molecule has 4 nitrogen and oxygen atoms in total. The van der Waals surface area contributed by atoms with E-state index in [0.29, 0.717) is 35.1 Å². The van der Waals surface area contributed by atoms with Gasteiger partial charge in [-0.25, -0.2) is 0 Å². The standard InChI is InChI=1S/C23H35NO3/c1-12(25)17-7-8-18-16-6-5-14-11-15(27-13(2)26)9-10-22(14,3)19(16)20-21(24-20)23(17,18)4/h14-21,24H,5-11H2,1-4H3/t14-,15-,16+,17-,18+,19-,20+,21+,22+,23-/m1/s1. The summed E-state index contributed by atoms with van der Waals surface area (Å²) in [4.78, 5) is 23.8. The Balaban J connectivity index is 1.42. The molecule has 5 aliphatic rings. The summed E-state index contributed by atoms with van der Waals surface area (Å²) in [6, 6.07) is 1.15. The lowest BCUT2D eigenvalue weighted by molar-refractivity contribution is -0.158. The van der Waals surface area contributed by atoms with Crippen LogP contribution in [-0.4, -0.2) is 29.9 Å². The van der Waals surface area contributed by atoms with Gasteiger partial charge < -0.3 is 10.1 Å². The fourth-order valence-corrected chi connectivity index (χ4v) is 8.82. The zero-order valence-corrected chi connectivity index (χ0v) is 17.3. The number of carbonyl (C=O) groups excluding carboxylic acids is 2. The van der Waals surface area contributed by atoms with E-state index in [0.717, 1.165) is 31.1 Å². The number of hydrogen-bond acceptors (Lipinski definition) is 4. The van der Waals surface area contributed by atoms with Crippen LogP contribution in [-0.2, 0) is 14.3 Å². The molecule has 0 aromatic rings. The third-order valence-corrected chi connectivity index (χ3v) is 9.89. The van der Waals surface area contributed by atoms with E-state index in [1.54, 1.807) is 0 Å². The highest BCUT2D eigenvalue weighted by atomic mass is 16.5. The lowest BCUT2D eigenvalue weighted by atomic mass is 9.44. The van der Waals surface area contributed by atoms with Crippen molar-refractivity contribution in [1.82, 2.24) is 5.32 Å². The molecule has 0 unspecified atom stereocenters. The monoisotopic (exact) mass is 373 g/mol. The molecule has 0 amide bonds. The maximum Gasteiger partial charge on any atom is 0.302 e. The van der Waals surface area contributed by atoms with Gasteiger partial charge in [0.25, 0.3) is 0 Å². The number of carbonyl (C=O) groups is 2. The van der Waals surface area contributed by atoms with Crippen LogP contribution in [0.25, 0.3) is 0 Å². The van der Waals surface area contributed by atoms with Crippen LogP contribution in [0.3, 0.4) is 0 Å². The summed E-state index contributed by atoms with van der Waals surface area (Å²) in [6.45, 7) is 8.32. The highest BCUT2D eigenvalue weighted by Gasteiger charge is 2.72. The second-order valence-electron chi connectivity index (χ2n) is 10.9. The maximum atomic E-state index is 12.4. The van der Waals surface area contributed by atoms with Crippen LogP contribution in [0.2, 0.25) is 0 Å². The third kappa shape index (κ3) is 2.37. The van der Waals surface area contributed by atoms with Crippen molar-refractivity contribution in [3.63, 3.8) is 0 Å². The number of esters is 1. The van der Waals surface area contributed by atoms with Gasteiger partial charge in [0.1, 0.15) is 11.9 Å². The lowest BCUT2D eigenvalue weighted by Crippen LogP contribution is -2.57. The fraction of sp³-hybridized carbons (Fsp3) is 0.913. The van der Waals surface area contributed by atoms with Crippen LogP contribution in [0.4, 0.5) is 0 Å². The molecular weight excluding hydrogens is 338 g/mol. The molecule has 0 aromatic heterocycles. The third-order valence-electron chi connectivity index (χ3n) is 9.89. The summed E-state index contributed by atoms with van der Waals surface area (Å²) in [5.74, 6) is 3.43. The molecule has 0 radical (unpaired) electrons. The van der Waals surface area contributed by atoms with Crippen molar-refractivity contribution in [1.29, 1.82) is 0 Å². The highest BCUT2D eigenvalue weighted by Crippen LogP contribution is 2.70. The first-order valence-electron chi connectivity index (χ1n) is 11.2. The van der Waals surface area contributed by atoms with Crippen LogP contribution in [0.1, 0.15) is 72.6 Å². The Bertz CT molecular complexity index is 677. The molecule has 27 heavy (non-hydrogen) atoms. The van der Waals surface area contributed by atoms with Gasteiger partial charge in [0.15, 0.2) is 0 Å². The Labute approximate surface area is 163 Å². The van der Waals surface area contributed by atoms with Gasteiger partial charge >= 0.3 is 5.97 Å². The average molecular weight is 374 g/mol. The van der Waals surface area contributed by atoms with Gasteiger partial charge in [0.05, 0.1) is 0 Å². The van der Waals surface area contributed by atoms with E-state index in [1.807, 2.05) is 6.92 Å². The zero-order chi connectivity index (χ0) is 19.1. The number of ketones is 1. The predicted molar refractivity (Wildman–Crippen MR) is 103 cm³/mol. The molecular formula is C23H35NO3. The van der Waals surface area contributed by atoms with Crippen molar-refractivity contribution in [3.05, 3.63) is 0 Å². The van der Waals surface area contributed by atoms with Gasteiger partial charge in [0, 0.05) is 24.9 Å². The van der Waals surface area contributed by atoms with Crippen LogP contribution in [0.15, 0.2) is 0 Å². The highest BCUT2D eigenvalue weighted by molar-refractivity contribution is 5.80. The van der Waals surface area contributed by atoms with Crippen LogP contribution >= 0.6 is 0 Å². The molecule has 1 heterocycles. The summed E-state index contributed by atoms with van der Waals surface area (Å²) < 4.78 is 5.59. The summed E-state index contributed by atoms with van der Waals surface area (Å²) in [7, 11) is 0. The molecule has 10 atom stereocenters. The second kappa shape index (κ2) is 5.81. The minimum absolute atomic E-state index is 0.127. The summed E-state index contributed by atoms with van der Waals surface area (Å²) in [5, 5.41) is 3.89. The van der Waals surface area contributed by atoms with Gasteiger partial charge in [-0.2, -0.15) is 0 Å². The van der Waals surface area contributed by atoms with Gasteiger partial charge in [-0.15, -0.1) is 0 Å². The fourth-order valence-electron chi connectivity index (χ4n) is 8.82. The smallest absolute Gasteiger partial charge is 0.302 e. The molecule has 4 saturated carbocycles. The molecule has 1 saturated heterocycles. The normalized spacial score (nSPS) is 55.6. The molecule has 0 aromatic carbocycles. The van der Waals surface area contributed by atoms with Gasteiger partial charge in [-0.1, -0.05) is 13.8 Å². The number of nitrogens with one attached hydrogen (secondary N) is 1. The van der Waals surface area contributed by atoms with E-state index < -0.39 is 0 Å². The number of rotatable bonds is 2. The first-order valence-corrected chi connectivity index (χ1v) is 11.2. The molecule has 0 spiro atoms. The SMILES string of the molecule is CC(=O)O[C@@H]1CC[C@@]2(C)[C@H](CC[C@@H]3[C@@H]2[C@@H]2N[C@@H]2[C@]2(C)[C@@H](C(C)=O)CC[C@@H]32)C1. The quantitative estimate of drug-likeness (QED) is 0.592. The van der Waals surface area contributed by atoms with Gasteiger partial charge in [0.2, 0.25) is 0 Å². The molecule has 1 N–H and O–H groups in total. The van der Waals surface area contributed by atoms with Crippen molar-refractivity contribution in [2.75, 3.05) is 0 Å². The number of hydrogen-bond donors (Lipinski definition) is 1. The van der Waals surface area contributed by atoms with Crippen LogP contribution in [0.5, 0.6) is 0 Å². The van der Waals surface area contributed by atoms with Crippen LogP contribution in [0, 0.1) is 40.4 Å². The Morgan fingerprint density at radius 2 is 1.81 bits per heavy atom. The summed E-state index contributed by atoms with van der Waals surface area (Å²) in [5.41, 5.74) is 0.539. The van der Waals surface area contributed by atoms with Crippen molar-refractivity contribution < 1.29 is 14.3 Å². The Morgan fingerprint density at radius 3 is 2.52 bits per heavy atom. The largest absolute Gasteiger partial charge is 0.463 e. The Kier molecular flexibility index (Phi) is 3.90. The molecule has 4 aliphatic carbocycles. The van der Waals surface area contributed by atoms with Crippen molar-refractivity contribution in [3.8, 4) is 0 Å². The Hall–Kier alpha value is -0.900. The van der Waals surface area contributed by atoms with E-state index in [1.165, 1.54) is 32.6 Å². The Morgan fingerprint density at radius 1 is 1.04 bits per heavy atom. The van der Waals surface area contributed by atoms with E-state index >= 15 is 0 Å². The van der Waals surface area contributed by atoms with E-state index in [2.05, 4.69) is 19.2 Å².